The van der Waals surface area contributed by atoms with Crippen molar-refractivity contribution in [2.24, 2.45) is 0 Å². The number of rotatable bonds is 4. The summed E-state index contributed by atoms with van der Waals surface area (Å²) >= 11 is 0. The standard InChI is InChI=1S/C19H31N5O/c1-19(2,3)24-13-8-17(24)14-21-18(25)22-15-6-11-23(12-7-15)16-4-9-20-10-5-16/h4-5,9-10,15,17H,6-8,11-14H2,1-3H3,(H2,21,22,25). The molecule has 2 aliphatic heterocycles. The molecule has 0 spiro atoms. The second-order valence-electron chi connectivity index (χ2n) is 8.13. The molecule has 1 aromatic heterocycles. The summed E-state index contributed by atoms with van der Waals surface area (Å²) in [6.07, 6.45) is 6.78. The summed E-state index contributed by atoms with van der Waals surface area (Å²) in [5.41, 5.74) is 1.39. The molecule has 0 radical (unpaired) electrons. The Labute approximate surface area is 151 Å². The molecular formula is C19H31N5O. The number of carbonyl (C=O) groups excluding carboxylic acids is 1. The van der Waals surface area contributed by atoms with Crippen molar-refractivity contribution in [1.82, 2.24) is 20.5 Å². The minimum absolute atomic E-state index is 0.0249. The first-order valence-corrected chi connectivity index (χ1v) is 9.39. The van der Waals surface area contributed by atoms with Crippen LogP contribution in [0.15, 0.2) is 24.5 Å². The van der Waals surface area contributed by atoms with E-state index in [4.69, 9.17) is 0 Å². The Morgan fingerprint density at radius 1 is 1.16 bits per heavy atom. The third kappa shape index (κ3) is 4.63. The maximum atomic E-state index is 12.2. The number of pyridine rings is 1. The Bertz CT molecular complexity index is 563. The fraction of sp³-hybridized carbons (Fsp3) is 0.684. The molecule has 1 unspecified atom stereocenters. The number of amides is 2. The lowest BCUT2D eigenvalue weighted by atomic mass is 9.93. The van der Waals surface area contributed by atoms with Gasteiger partial charge in [0.15, 0.2) is 0 Å². The smallest absolute Gasteiger partial charge is 0.315 e. The van der Waals surface area contributed by atoms with E-state index in [0.29, 0.717) is 6.04 Å². The topological polar surface area (TPSA) is 60.5 Å². The van der Waals surface area contributed by atoms with Crippen LogP contribution in [0.5, 0.6) is 0 Å². The van der Waals surface area contributed by atoms with Gasteiger partial charge in [0.05, 0.1) is 0 Å². The van der Waals surface area contributed by atoms with Gasteiger partial charge in [-0.15, -0.1) is 0 Å². The van der Waals surface area contributed by atoms with Crippen molar-refractivity contribution in [2.45, 2.75) is 57.7 Å². The van der Waals surface area contributed by atoms with Crippen LogP contribution in [0.25, 0.3) is 0 Å². The molecule has 2 saturated heterocycles. The molecule has 0 saturated carbocycles. The second kappa shape index (κ2) is 7.60. The van der Waals surface area contributed by atoms with Crippen LogP contribution in [0.3, 0.4) is 0 Å². The molecule has 1 atom stereocenters. The molecule has 3 heterocycles. The average molecular weight is 345 g/mol. The maximum absolute atomic E-state index is 12.2. The lowest BCUT2D eigenvalue weighted by molar-refractivity contribution is 0.00377. The van der Waals surface area contributed by atoms with Gasteiger partial charge in [0.25, 0.3) is 0 Å². The highest BCUT2D eigenvalue weighted by Crippen LogP contribution is 2.26. The zero-order chi connectivity index (χ0) is 17.9. The molecule has 2 amide bonds. The second-order valence-corrected chi connectivity index (χ2v) is 8.13. The first-order chi connectivity index (χ1) is 11.9. The average Bonchev–Trinajstić information content (AvgIpc) is 2.54. The number of hydrogen-bond donors (Lipinski definition) is 2. The monoisotopic (exact) mass is 345 g/mol. The molecule has 6 heteroatoms. The molecule has 2 fully saturated rings. The van der Waals surface area contributed by atoms with E-state index in [1.807, 2.05) is 24.5 Å². The summed E-state index contributed by atoms with van der Waals surface area (Å²) in [6, 6.07) is 4.79. The van der Waals surface area contributed by atoms with Crippen molar-refractivity contribution in [2.75, 3.05) is 31.1 Å². The maximum Gasteiger partial charge on any atom is 0.315 e. The first kappa shape index (κ1) is 18.0. The van der Waals surface area contributed by atoms with Gasteiger partial charge in [-0.2, -0.15) is 0 Å². The molecule has 3 rings (SSSR count). The molecule has 1 aromatic rings. The predicted molar refractivity (Wildman–Crippen MR) is 101 cm³/mol. The fourth-order valence-electron chi connectivity index (χ4n) is 3.82. The molecule has 25 heavy (non-hydrogen) atoms. The number of aromatic nitrogens is 1. The number of piperidine rings is 1. The summed E-state index contributed by atoms with van der Waals surface area (Å²) in [4.78, 5) is 21.1. The first-order valence-electron chi connectivity index (χ1n) is 9.39. The van der Waals surface area contributed by atoms with Crippen molar-refractivity contribution in [1.29, 1.82) is 0 Å². The van der Waals surface area contributed by atoms with Crippen LogP contribution in [0.1, 0.15) is 40.0 Å². The third-order valence-corrected chi connectivity index (χ3v) is 5.36. The molecule has 138 valence electrons. The van der Waals surface area contributed by atoms with Crippen LogP contribution in [0.2, 0.25) is 0 Å². The van der Waals surface area contributed by atoms with E-state index < -0.39 is 0 Å². The van der Waals surface area contributed by atoms with Gasteiger partial charge < -0.3 is 15.5 Å². The van der Waals surface area contributed by atoms with E-state index in [9.17, 15) is 4.79 Å². The third-order valence-electron chi connectivity index (χ3n) is 5.36. The van der Waals surface area contributed by atoms with Gasteiger partial charge in [-0.25, -0.2) is 4.79 Å². The Morgan fingerprint density at radius 2 is 1.84 bits per heavy atom. The van der Waals surface area contributed by atoms with Crippen molar-refractivity contribution in [3.63, 3.8) is 0 Å². The van der Waals surface area contributed by atoms with Gasteiger partial charge in [-0.1, -0.05) is 0 Å². The minimum atomic E-state index is -0.0249. The van der Waals surface area contributed by atoms with Crippen LogP contribution < -0.4 is 15.5 Å². The molecule has 0 aliphatic carbocycles. The lowest BCUT2D eigenvalue weighted by Gasteiger charge is -2.49. The highest BCUT2D eigenvalue weighted by atomic mass is 16.2. The van der Waals surface area contributed by atoms with E-state index in [2.05, 4.69) is 46.2 Å². The van der Waals surface area contributed by atoms with Crippen molar-refractivity contribution >= 4 is 11.7 Å². The van der Waals surface area contributed by atoms with Crippen LogP contribution in [0.4, 0.5) is 10.5 Å². The zero-order valence-corrected chi connectivity index (χ0v) is 15.7. The van der Waals surface area contributed by atoms with E-state index >= 15 is 0 Å². The van der Waals surface area contributed by atoms with Gasteiger partial charge in [0.2, 0.25) is 0 Å². The predicted octanol–water partition coefficient (Wildman–Crippen LogP) is 2.22. The van der Waals surface area contributed by atoms with Gasteiger partial charge in [-0.3, -0.25) is 9.88 Å². The number of anilines is 1. The quantitative estimate of drug-likeness (QED) is 0.878. The van der Waals surface area contributed by atoms with E-state index in [1.54, 1.807) is 0 Å². The van der Waals surface area contributed by atoms with Gasteiger partial charge in [0, 0.05) is 61.9 Å². The highest BCUT2D eigenvalue weighted by molar-refractivity contribution is 5.74. The molecular weight excluding hydrogens is 314 g/mol. The summed E-state index contributed by atoms with van der Waals surface area (Å²) in [7, 11) is 0. The summed E-state index contributed by atoms with van der Waals surface area (Å²) in [5.74, 6) is 0. The van der Waals surface area contributed by atoms with E-state index in [-0.39, 0.29) is 17.6 Å². The Hall–Kier alpha value is -1.82. The molecule has 0 bridgehead atoms. The van der Waals surface area contributed by atoms with E-state index in [0.717, 1.165) is 39.0 Å². The Balaban J connectivity index is 1.37. The van der Waals surface area contributed by atoms with Gasteiger partial charge in [-0.05, 0) is 52.2 Å². The number of urea groups is 1. The molecule has 2 aliphatic rings. The largest absolute Gasteiger partial charge is 0.371 e. The molecule has 6 nitrogen and oxygen atoms in total. The number of nitrogens with zero attached hydrogens (tertiary/aromatic N) is 3. The number of hydrogen-bond acceptors (Lipinski definition) is 4. The summed E-state index contributed by atoms with van der Waals surface area (Å²) in [6.45, 7) is 10.5. The van der Waals surface area contributed by atoms with Crippen molar-refractivity contribution < 1.29 is 4.79 Å². The number of carbonyl (C=O) groups is 1. The SMILES string of the molecule is CC(C)(C)N1CCC1CNC(=O)NC1CCN(c2ccncc2)CC1. The van der Waals surface area contributed by atoms with Crippen LogP contribution in [0, 0.1) is 0 Å². The van der Waals surface area contributed by atoms with Crippen molar-refractivity contribution in [3.8, 4) is 0 Å². The van der Waals surface area contributed by atoms with Gasteiger partial charge in [0.1, 0.15) is 0 Å². The van der Waals surface area contributed by atoms with E-state index in [1.165, 1.54) is 12.1 Å². The summed E-state index contributed by atoms with van der Waals surface area (Å²) < 4.78 is 0. The summed E-state index contributed by atoms with van der Waals surface area (Å²) in [5, 5.41) is 6.20. The van der Waals surface area contributed by atoms with Crippen LogP contribution in [-0.4, -0.2) is 59.7 Å². The van der Waals surface area contributed by atoms with Crippen LogP contribution in [-0.2, 0) is 0 Å². The molecule has 0 aromatic carbocycles. The number of nitrogens with one attached hydrogen (secondary N) is 2. The lowest BCUT2D eigenvalue weighted by Crippen LogP contribution is -2.61. The van der Waals surface area contributed by atoms with Crippen molar-refractivity contribution in [3.05, 3.63) is 24.5 Å². The van der Waals surface area contributed by atoms with Crippen LogP contribution >= 0.6 is 0 Å². The highest BCUT2D eigenvalue weighted by Gasteiger charge is 2.36. The normalized spacial score (nSPS) is 22.4. The minimum Gasteiger partial charge on any atom is -0.371 e. The Morgan fingerprint density at radius 3 is 2.40 bits per heavy atom. The molecule has 2 N–H and O–H groups in total. The number of likely N-dealkylation sites (tertiary alicyclic amines) is 1. The van der Waals surface area contributed by atoms with Gasteiger partial charge >= 0.3 is 6.03 Å². The zero-order valence-electron chi connectivity index (χ0n) is 15.7. The Kier molecular flexibility index (Phi) is 5.47. The fourth-order valence-corrected chi connectivity index (χ4v) is 3.82.